The molecule has 0 nitrogen and oxygen atoms in total. The lowest BCUT2D eigenvalue weighted by molar-refractivity contribution is 1.66. The van der Waals surface area contributed by atoms with Crippen LogP contribution in [0, 0.1) is 3.82 Å². The third-order valence-corrected chi connectivity index (χ3v) is 4.80. The van der Waals surface area contributed by atoms with Gasteiger partial charge in [-0.15, -0.1) is 0 Å². The van der Waals surface area contributed by atoms with Gasteiger partial charge in [0.05, 0.1) is 0 Å². The third-order valence-electron chi connectivity index (χ3n) is 1.94. The Balaban J connectivity index is 2.00. The van der Waals surface area contributed by atoms with Crippen LogP contribution in [0.4, 0.5) is 0 Å². The fourth-order valence-electron chi connectivity index (χ4n) is 1.21. The van der Waals surface area contributed by atoms with Crippen LogP contribution in [0.3, 0.4) is 0 Å². The highest BCUT2D eigenvalue weighted by Gasteiger charge is 1.87. The summed E-state index contributed by atoms with van der Waals surface area (Å²) in [6.07, 6.45) is 8.25. The SMILES string of the molecule is S=c1cc(/C=C/C=C/c2ccccc2)ss1. The van der Waals surface area contributed by atoms with E-state index in [1.807, 2.05) is 36.4 Å². The van der Waals surface area contributed by atoms with E-state index in [-0.39, 0.29) is 0 Å². The van der Waals surface area contributed by atoms with Crippen molar-refractivity contribution in [2.45, 2.75) is 0 Å². The molecule has 0 bridgehead atoms. The predicted octanol–water partition coefficient (Wildman–Crippen LogP) is 5.27. The molecule has 0 aliphatic carbocycles. The highest BCUT2D eigenvalue weighted by molar-refractivity contribution is 7.79. The Morgan fingerprint density at radius 2 is 1.69 bits per heavy atom. The first-order valence-corrected chi connectivity index (χ1v) is 7.40. The molecule has 0 saturated heterocycles. The lowest BCUT2D eigenvalue weighted by Gasteiger charge is -1.88. The van der Waals surface area contributed by atoms with E-state index in [1.54, 1.807) is 20.7 Å². The van der Waals surface area contributed by atoms with E-state index in [4.69, 9.17) is 12.2 Å². The average Bonchev–Trinajstić information content (AvgIpc) is 2.72. The van der Waals surface area contributed by atoms with Gasteiger partial charge in [0.15, 0.2) is 0 Å². The van der Waals surface area contributed by atoms with Crippen LogP contribution in [0.25, 0.3) is 12.2 Å². The van der Waals surface area contributed by atoms with Crippen molar-refractivity contribution in [3.63, 3.8) is 0 Å². The highest BCUT2D eigenvalue weighted by atomic mass is 32.9. The van der Waals surface area contributed by atoms with Gasteiger partial charge >= 0.3 is 0 Å². The number of hydrogen-bond donors (Lipinski definition) is 0. The molecule has 0 amide bonds. The minimum atomic E-state index is 0.955. The molecule has 0 fully saturated rings. The van der Waals surface area contributed by atoms with Gasteiger partial charge < -0.3 is 0 Å². The van der Waals surface area contributed by atoms with Gasteiger partial charge in [-0.2, -0.15) is 0 Å². The van der Waals surface area contributed by atoms with Crippen LogP contribution in [-0.4, -0.2) is 0 Å². The molecule has 2 aromatic rings. The molecule has 1 aromatic carbocycles. The summed E-state index contributed by atoms with van der Waals surface area (Å²) in [7, 11) is 3.35. The van der Waals surface area contributed by atoms with Gasteiger partial charge in [-0.25, -0.2) is 0 Å². The molecule has 0 unspecified atom stereocenters. The normalized spacial score (nSPS) is 11.5. The molecule has 0 N–H and O–H groups in total. The van der Waals surface area contributed by atoms with Gasteiger partial charge in [-0.05, 0) is 17.7 Å². The zero-order valence-corrected chi connectivity index (χ0v) is 10.9. The van der Waals surface area contributed by atoms with E-state index < -0.39 is 0 Å². The molecule has 0 saturated carbocycles. The van der Waals surface area contributed by atoms with Crippen LogP contribution < -0.4 is 0 Å². The molecular weight excluding hydrogens is 252 g/mol. The van der Waals surface area contributed by atoms with Crippen LogP contribution in [0.2, 0.25) is 0 Å². The van der Waals surface area contributed by atoms with Crippen molar-refractivity contribution >= 4 is 45.1 Å². The van der Waals surface area contributed by atoms with Crippen molar-refractivity contribution in [3.05, 3.63) is 62.8 Å². The second-order valence-electron chi connectivity index (χ2n) is 3.16. The molecule has 0 aliphatic heterocycles. The summed E-state index contributed by atoms with van der Waals surface area (Å²) >= 11 is 5.07. The number of benzene rings is 1. The minimum absolute atomic E-state index is 0.955. The molecule has 1 aromatic heterocycles. The van der Waals surface area contributed by atoms with Crippen LogP contribution >= 0.6 is 32.9 Å². The van der Waals surface area contributed by atoms with Gasteiger partial charge in [0, 0.05) is 4.88 Å². The molecular formula is C13H10S3. The molecule has 2 rings (SSSR count). The summed E-state index contributed by atoms with van der Waals surface area (Å²) in [4.78, 5) is 1.22. The van der Waals surface area contributed by atoms with Crippen LogP contribution in [0.1, 0.15) is 10.4 Å². The Hall–Kier alpha value is -1.03. The van der Waals surface area contributed by atoms with E-state index in [0.717, 1.165) is 3.82 Å². The Morgan fingerprint density at radius 1 is 0.938 bits per heavy atom. The average molecular weight is 262 g/mol. The molecule has 16 heavy (non-hydrogen) atoms. The topological polar surface area (TPSA) is 0 Å². The summed E-state index contributed by atoms with van der Waals surface area (Å²) in [6, 6.07) is 12.3. The third kappa shape index (κ3) is 3.52. The quantitative estimate of drug-likeness (QED) is 0.413. The van der Waals surface area contributed by atoms with Crippen LogP contribution in [-0.2, 0) is 0 Å². The second kappa shape index (κ2) is 5.89. The summed E-state index contributed by atoms with van der Waals surface area (Å²) in [5, 5.41) is 0. The number of allylic oxidation sites excluding steroid dienone is 2. The minimum Gasteiger partial charge on any atom is -0.0792 e. The molecule has 1 heterocycles. The van der Waals surface area contributed by atoms with Crippen molar-refractivity contribution in [2.75, 3.05) is 0 Å². The highest BCUT2D eigenvalue weighted by Crippen LogP contribution is 2.19. The standard InChI is InChI=1S/C13H10S3/c14-13-10-12(15-16-13)9-5-4-8-11-6-2-1-3-7-11/h1-10H/b8-4+,9-5+. The van der Waals surface area contributed by atoms with Gasteiger partial charge in [0.2, 0.25) is 0 Å². The first-order chi connectivity index (χ1) is 7.84. The Labute approximate surface area is 108 Å². The van der Waals surface area contributed by atoms with Crippen molar-refractivity contribution in [1.82, 2.24) is 0 Å². The largest absolute Gasteiger partial charge is 0.102 e. The van der Waals surface area contributed by atoms with E-state index in [2.05, 4.69) is 24.3 Å². The Bertz CT molecular complexity index is 544. The zero-order valence-electron chi connectivity index (χ0n) is 8.50. The summed E-state index contributed by atoms with van der Waals surface area (Å²) in [5.74, 6) is 0. The fraction of sp³-hybridized carbons (Fsp3) is 0. The van der Waals surface area contributed by atoms with Gasteiger partial charge in [0.1, 0.15) is 3.82 Å². The van der Waals surface area contributed by atoms with Crippen LogP contribution in [0.5, 0.6) is 0 Å². The predicted molar refractivity (Wildman–Crippen MR) is 77.5 cm³/mol. The first kappa shape index (κ1) is 11.5. The van der Waals surface area contributed by atoms with E-state index >= 15 is 0 Å². The van der Waals surface area contributed by atoms with E-state index in [1.165, 1.54) is 10.4 Å². The number of hydrogen-bond acceptors (Lipinski definition) is 3. The maximum Gasteiger partial charge on any atom is 0.102 e. The molecule has 0 atom stereocenters. The fourth-order valence-corrected chi connectivity index (χ4v) is 3.44. The smallest absolute Gasteiger partial charge is 0.0792 e. The monoisotopic (exact) mass is 262 g/mol. The molecule has 0 spiro atoms. The Kier molecular flexibility index (Phi) is 4.22. The maximum absolute atomic E-state index is 5.07. The maximum atomic E-state index is 5.07. The first-order valence-electron chi connectivity index (χ1n) is 4.84. The van der Waals surface area contributed by atoms with Gasteiger partial charge in [0.25, 0.3) is 0 Å². The van der Waals surface area contributed by atoms with Gasteiger partial charge in [-0.1, -0.05) is 81.5 Å². The van der Waals surface area contributed by atoms with Crippen molar-refractivity contribution in [1.29, 1.82) is 0 Å². The summed E-state index contributed by atoms with van der Waals surface area (Å²) in [6.45, 7) is 0. The van der Waals surface area contributed by atoms with E-state index in [9.17, 15) is 0 Å². The molecule has 0 aliphatic rings. The van der Waals surface area contributed by atoms with Crippen molar-refractivity contribution in [3.8, 4) is 0 Å². The lowest BCUT2D eigenvalue weighted by Crippen LogP contribution is -1.66. The second-order valence-corrected chi connectivity index (χ2v) is 6.10. The zero-order chi connectivity index (χ0) is 11.2. The van der Waals surface area contributed by atoms with E-state index in [0.29, 0.717) is 0 Å². The van der Waals surface area contributed by atoms with Crippen LogP contribution in [0.15, 0.2) is 48.6 Å². The lowest BCUT2D eigenvalue weighted by atomic mass is 10.2. The van der Waals surface area contributed by atoms with Gasteiger partial charge in [-0.3, -0.25) is 0 Å². The van der Waals surface area contributed by atoms with Crippen molar-refractivity contribution in [2.24, 2.45) is 0 Å². The summed E-state index contributed by atoms with van der Waals surface area (Å²) in [5.41, 5.74) is 1.21. The van der Waals surface area contributed by atoms with Crippen molar-refractivity contribution < 1.29 is 0 Å². The molecule has 80 valence electrons. The summed E-state index contributed by atoms with van der Waals surface area (Å²) < 4.78 is 0.955. The molecule has 0 radical (unpaired) electrons. The number of rotatable bonds is 3. The Morgan fingerprint density at radius 3 is 2.38 bits per heavy atom. The molecule has 3 heteroatoms.